The molecule has 0 bridgehead atoms. The van der Waals surface area contributed by atoms with E-state index in [2.05, 4.69) is 32.6 Å². The van der Waals surface area contributed by atoms with Crippen LogP contribution in [0.5, 0.6) is 0 Å². The Bertz CT molecular complexity index is 654. The number of pyridine rings is 1. The first kappa shape index (κ1) is 15.6. The Balaban J connectivity index is 1.43. The van der Waals surface area contributed by atoms with Gasteiger partial charge in [0.25, 0.3) is 0 Å². The van der Waals surface area contributed by atoms with Crippen molar-refractivity contribution in [2.24, 2.45) is 0 Å². The third-order valence-corrected chi connectivity index (χ3v) is 3.96. The van der Waals surface area contributed by atoms with Crippen molar-refractivity contribution in [2.45, 2.75) is 45.3 Å². The molecule has 7 heteroatoms. The molecule has 2 aromatic heterocycles. The topological polar surface area (TPSA) is 84.7 Å². The summed E-state index contributed by atoms with van der Waals surface area (Å²) in [5.74, 6) is 1.93. The van der Waals surface area contributed by atoms with Gasteiger partial charge in [0.1, 0.15) is 5.82 Å². The lowest BCUT2D eigenvalue weighted by Crippen LogP contribution is -2.43. The second-order valence-electron chi connectivity index (χ2n) is 5.69. The number of rotatable bonds is 6. The van der Waals surface area contributed by atoms with Gasteiger partial charge in [-0.05, 0) is 18.6 Å². The van der Waals surface area contributed by atoms with Crippen LogP contribution in [0.2, 0.25) is 0 Å². The van der Waals surface area contributed by atoms with E-state index in [1.54, 1.807) is 6.20 Å². The van der Waals surface area contributed by atoms with Gasteiger partial charge in [-0.2, -0.15) is 5.10 Å². The van der Waals surface area contributed by atoms with Gasteiger partial charge in [0, 0.05) is 25.1 Å². The molecular formula is C16H22N6O. The van der Waals surface area contributed by atoms with Gasteiger partial charge in [0.2, 0.25) is 5.91 Å². The van der Waals surface area contributed by atoms with E-state index in [-0.39, 0.29) is 11.9 Å². The number of hydrogen-bond donors (Lipinski definition) is 2. The minimum Gasteiger partial charge on any atom is -0.349 e. The van der Waals surface area contributed by atoms with E-state index in [1.807, 2.05) is 22.9 Å². The number of amides is 1. The predicted molar refractivity (Wildman–Crippen MR) is 85.6 cm³/mol. The molecule has 0 radical (unpaired) electrons. The number of fused-ring (bicyclic) bond motifs is 1. The highest BCUT2D eigenvalue weighted by molar-refractivity contribution is 5.77. The Kier molecular flexibility index (Phi) is 4.97. The molecule has 3 rings (SSSR count). The minimum atomic E-state index is -0.0192. The zero-order valence-corrected chi connectivity index (χ0v) is 13.3. The fourth-order valence-electron chi connectivity index (χ4n) is 2.67. The van der Waals surface area contributed by atoms with Crippen molar-refractivity contribution in [3.05, 3.63) is 41.7 Å². The molecule has 2 N–H and O–H groups in total. The number of carbonyl (C=O) groups excluding carboxylic acids is 1. The maximum Gasteiger partial charge on any atom is 0.234 e. The van der Waals surface area contributed by atoms with Gasteiger partial charge >= 0.3 is 0 Å². The Morgan fingerprint density at radius 2 is 2.35 bits per heavy atom. The molecule has 23 heavy (non-hydrogen) atoms. The van der Waals surface area contributed by atoms with Gasteiger partial charge in [-0.1, -0.05) is 13.0 Å². The van der Waals surface area contributed by atoms with E-state index in [9.17, 15) is 4.79 Å². The number of nitrogens with one attached hydrogen (secondary N) is 2. The molecule has 0 aromatic carbocycles. The Hall–Kier alpha value is -2.28. The highest BCUT2D eigenvalue weighted by Gasteiger charge is 2.21. The van der Waals surface area contributed by atoms with Crippen LogP contribution in [0.4, 0.5) is 0 Å². The van der Waals surface area contributed by atoms with Gasteiger partial charge in [-0.25, -0.2) is 9.67 Å². The first-order valence-corrected chi connectivity index (χ1v) is 8.07. The normalized spacial score (nSPS) is 16.8. The van der Waals surface area contributed by atoms with E-state index < -0.39 is 0 Å². The number of nitrogens with zero attached hydrogens (tertiary/aromatic N) is 4. The summed E-state index contributed by atoms with van der Waals surface area (Å²) >= 11 is 0. The highest BCUT2D eigenvalue weighted by Crippen LogP contribution is 2.13. The summed E-state index contributed by atoms with van der Waals surface area (Å²) in [5.41, 5.74) is 0.859. The summed E-state index contributed by atoms with van der Waals surface area (Å²) in [4.78, 5) is 20.6. The van der Waals surface area contributed by atoms with Crippen molar-refractivity contribution in [1.29, 1.82) is 0 Å². The number of aromatic nitrogens is 4. The van der Waals surface area contributed by atoms with Crippen molar-refractivity contribution in [1.82, 2.24) is 30.4 Å². The van der Waals surface area contributed by atoms with Crippen molar-refractivity contribution < 1.29 is 4.79 Å². The molecule has 0 spiro atoms. The van der Waals surface area contributed by atoms with Gasteiger partial charge in [-0.3, -0.25) is 9.78 Å². The first-order valence-electron chi connectivity index (χ1n) is 8.07. The van der Waals surface area contributed by atoms with E-state index in [4.69, 9.17) is 0 Å². The van der Waals surface area contributed by atoms with Gasteiger partial charge in [-0.15, -0.1) is 0 Å². The lowest BCUT2D eigenvalue weighted by atomic mass is 10.1. The standard InChI is InChI=1S/C16H22N6O/c1-2-14-20-15-7-6-13(11-22(15)21-14)18-10-16(23)19-9-12-5-3-4-8-17-12/h3-5,8,13,18H,2,6-7,9-11H2,1H3,(H,19,23)/t13-/m0/s1. The molecule has 3 heterocycles. The van der Waals surface area contributed by atoms with E-state index in [0.29, 0.717) is 13.1 Å². The molecule has 122 valence electrons. The first-order chi connectivity index (χ1) is 11.2. The van der Waals surface area contributed by atoms with Gasteiger partial charge < -0.3 is 10.6 Å². The van der Waals surface area contributed by atoms with Crippen LogP contribution in [0.1, 0.15) is 30.7 Å². The average molecular weight is 314 g/mol. The summed E-state index contributed by atoms with van der Waals surface area (Å²) < 4.78 is 1.96. The van der Waals surface area contributed by atoms with E-state index >= 15 is 0 Å². The third-order valence-electron chi connectivity index (χ3n) is 3.96. The monoisotopic (exact) mass is 314 g/mol. The molecule has 7 nitrogen and oxygen atoms in total. The van der Waals surface area contributed by atoms with Crippen LogP contribution in [0.15, 0.2) is 24.4 Å². The van der Waals surface area contributed by atoms with Gasteiger partial charge in [0.15, 0.2) is 5.82 Å². The Labute approximate surface area is 135 Å². The summed E-state index contributed by atoms with van der Waals surface area (Å²) in [6.07, 6.45) is 4.46. The maximum absolute atomic E-state index is 11.9. The van der Waals surface area contributed by atoms with Crippen molar-refractivity contribution in [2.75, 3.05) is 6.54 Å². The van der Waals surface area contributed by atoms with Gasteiger partial charge in [0.05, 0.1) is 25.3 Å². The SMILES string of the molecule is CCc1nc2n(n1)C[C@@H](NCC(=O)NCc1ccccn1)CC2. The van der Waals surface area contributed by atoms with Crippen molar-refractivity contribution in [3.63, 3.8) is 0 Å². The van der Waals surface area contributed by atoms with Crippen LogP contribution < -0.4 is 10.6 Å². The number of carbonyl (C=O) groups is 1. The second-order valence-corrected chi connectivity index (χ2v) is 5.69. The quantitative estimate of drug-likeness (QED) is 0.809. The molecule has 0 saturated carbocycles. The maximum atomic E-state index is 11.9. The largest absolute Gasteiger partial charge is 0.349 e. The number of hydrogen-bond acceptors (Lipinski definition) is 5. The molecule has 1 amide bonds. The summed E-state index contributed by atoms with van der Waals surface area (Å²) in [5, 5.41) is 10.7. The molecule has 0 saturated heterocycles. The fraction of sp³-hybridized carbons (Fsp3) is 0.500. The molecule has 0 unspecified atom stereocenters. The fourth-order valence-corrected chi connectivity index (χ4v) is 2.67. The molecule has 0 fully saturated rings. The molecule has 1 aliphatic heterocycles. The highest BCUT2D eigenvalue weighted by atomic mass is 16.1. The Morgan fingerprint density at radius 1 is 1.43 bits per heavy atom. The Morgan fingerprint density at radius 3 is 3.13 bits per heavy atom. The summed E-state index contributed by atoms with van der Waals surface area (Å²) in [6.45, 7) is 3.60. The van der Waals surface area contributed by atoms with Crippen LogP contribution in [-0.4, -0.2) is 38.2 Å². The summed E-state index contributed by atoms with van der Waals surface area (Å²) in [7, 11) is 0. The van der Waals surface area contributed by atoms with E-state index in [1.165, 1.54) is 0 Å². The lowest BCUT2D eigenvalue weighted by molar-refractivity contribution is -0.120. The zero-order valence-electron chi connectivity index (χ0n) is 13.3. The van der Waals surface area contributed by atoms with Crippen LogP contribution in [-0.2, 0) is 30.7 Å². The molecule has 1 aliphatic rings. The van der Waals surface area contributed by atoms with Crippen molar-refractivity contribution in [3.8, 4) is 0 Å². The van der Waals surface area contributed by atoms with Crippen molar-refractivity contribution >= 4 is 5.91 Å². The predicted octanol–water partition coefficient (Wildman–Crippen LogP) is 0.456. The van der Waals surface area contributed by atoms with Crippen LogP contribution in [0, 0.1) is 0 Å². The smallest absolute Gasteiger partial charge is 0.234 e. The molecule has 2 aromatic rings. The van der Waals surface area contributed by atoms with Crippen LogP contribution in [0.3, 0.4) is 0 Å². The lowest BCUT2D eigenvalue weighted by Gasteiger charge is -2.23. The third kappa shape index (κ3) is 4.13. The molecular weight excluding hydrogens is 292 g/mol. The zero-order chi connectivity index (χ0) is 16.1. The van der Waals surface area contributed by atoms with E-state index in [0.717, 1.165) is 43.1 Å². The average Bonchev–Trinajstić information content (AvgIpc) is 3.01. The molecule has 1 atom stereocenters. The second kappa shape index (κ2) is 7.32. The molecule has 0 aliphatic carbocycles. The minimum absolute atomic E-state index is 0.0192. The summed E-state index contributed by atoms with van der Waals surface area (Å²) in [6, 6.07) is 5.93. The van der Waals surface area contributed by atoms with Crippen LogP contribution in [0.25, 0.3) is 0 Å². The number of aryl methyl sites for hydroxylation is 2. The van der Waals surface area contributed by atoms with Crippen LogP contribution >= 0.6 is 0 Å².